The van der Waals surface area contributed by atoms with Crippen LogP contribution in [0.15, 0.2) is 0 Å². The Hall–Kier alpha value is -1.20. The third-order valence-electron chi connectivity index (χ3n) is 5.13. The smallest absolute Gasteiger partial charge is 0.223 e. The summed E-state index contributed by atoms with van der Waals surface area (Å²) < 4.78 is 5.88. The molecule has 1 N–H and O–H groups in total. The predicted octanol–water partition coefficient (Wildman–Crippen LogP) is 1.71. The molecule has 1 saturated heterocycles. The second-order valence-corrected chi connectivity index (χ2v) is 7.04. The van der Waals surface area contributed by atoms with Crippen LogP contribution >= 0.6 is 0 Å². The van der Waals surface area contributed by atoms with Gasteiger partial charge in [-0.25, -0.2) is 9.97 Å². The van der Waals surface area contributed by atoms with E-state index in [2.05, 4.69) is 29.2 Å². The number of likely N-dealkylation sites (N-methyl/N-ethyl adjacent to an activating group) is 1. The molecular formula is C16H24N4O. The second kappa shape index (κ2) is 4.92. The topological polar surface area (TPSA) is 50.3 Å². The van der Waals surface area contributed by atoms with Crippen LogP contribution in [0.1, 0.15) is 36.2 Å². The maximum atomic E-state index is 5.88. The zero-order valence-electron chi connectivity index (χ0n) is 13.0. The van der Waals surface area contributed by atoms with Crippen LogP contribution in [-0.2, 0) is 16.8 Å². The molecule has 3 aliphatic rings. The Morgan fingerprint density at radius 3 is 2.95 bits per heavy atom. The van der Waals surface area contributed by atoms with E-state index in [1.807, 2.05) is 0 Å². The van der Waals surface area contributed by atoms with Gasteiger partial charge < -0.3 is 15.0 Å². The molecule has 5 heteroatoms. The lowest BCUT2D eigenvalue weighted by Gasteiger charge is -2.35. The minimum atomic E-state index is 0.0754. The van der Waals surface area contributed by atoms with Gasteiger partial charge in [-0.2, -0.15) is 0 Å². The fourth-order valence-electron chi connectivity index (χ4n) is 3.65. The van der Waals surface area contributed by atoms with Gasteiger partial charge in [-0.1, -0.05) is 0 Å². The maximum Gasteiger partial charge on any atom is 0.223 e. The molecule has 2 aliphatic heterocycles. The van der Waals surface area contributed by atoms with Crippen LogP contribution in [0.3, 0.4) is 0 Å². The van der Waals surface area contributed by atoms with E-state index in [9.17, 15) is 0 Å². The molecule has 3 heterocycles. The van der Waals surface area contributed by atoms with Crippen molar-refractivity contribution in [2.24, 2.45) is 5.92 Å². The number of likely N-dealkylation sites (tertiary alicyclic amines) is 1. The molecule has 5 nitrogen and oxygen atoms in total. The van der Waals surface area contributed by atoms with Gasteiger partial charge in [-0.3, -0.25) is 0 Å². The van der Waals surface area contributed by atoms with Gasteiger partial charge in [0, 0.05) is 24.3 Å². The van der Waals surface area contributed by atoms with E-state index in [0.29, 0.717) is 6.61 Å². The number of anilines is 1. The quantitative estimate of drug-likeness (QED) is 0.917. The van der Waals surface area contributed by atoms with Crippen LogP contribution in [0.2, 0.25) is 0 Å². The predicted molar refractivity (Wildman–Crippen MR) is 81.4 cm³/mol. The summed E-state index contributed by atoms with van der Waals surface area (Å²) in [6, 6.07) is 0. The summed E-state index contributed by atoms with van der Waals surface area (Å²) in [6.07, 6.45) is 3.83. The van der Waals surface area contributed by atoms with E-state index in [0.717, 1.165) is 50.2 Å². The van der Waals surface area contributed by atoms with E-state index < -0.39 is 0 Å². The molecule has 21 heavy (non-hydrogen) atoms. The van der Waals surface area contributed by atoms with Gasteiger partial charge in [0.05, 0.1) is 24.3 Å². The summed E-state index contributed by atoms with van der Waals surface area (Å²) >= 11 is 0. The van der Waals surface area contributed by atoms with Crippen molar-refractivity contribution in [3.8, 4) is 0 Å². The van der Waals surface area contributed by atoms with E-state index in [1.54, 1.807) is 0 Å². The first-order valence-corrected chi connectivity index (χ1v) is 8.04. The summed E-state index contributed by atoms with van der Waals surface area (Å²) in [5.74, 6) is 1.65. The lowest BCUT2D eigenvalue weighted by Crippen LogP contribution is -2.40. The number of nitrogens with zero attached hydrogens (tertiary/aromatic N) is 3. The standard InChI is InChI=1S/C16H24N4O/c1-11-13-8-21-10-16(5-6-20(2)9-16)14(13)19-15(18-11)17-7-12-3-4-12/h12H,3-10H2,1-2H3,(H,17,18,19)/t16-/m0/s1. The largest absolute Gasteiger partial charge is 0.376 e. The van der Waals surface area contributed by atoms with Crippen molar-refractivity contribution in [3.63, 3.8) is 0 Å². The molecule has 4 rings (SSSR count). The maximum absolute atomic E-state index is 5.88. The second-order valence-electron chi connectivity index (χ2n) is 7.04. The fourth-order valence-corrected chi connectivity index (χ4v) is 3.65. The fraction of sp³-hybridized carbons (Fsp3) is 0.750. The third kappa shape index (κ3) is 2.42. The Labute approximate surface area is 126 Å². The van der Waals surface area contributed by atoms with Crippen molar-refractivity contribution in [1.29, 1.82) is 0 Å². The highest BCUT2D eigenvalue weighted by atomic mass is 16.5. The Bertz CT molecular complexity index is 557. The van der Waals surface area contributed by atoms with Crippen molar-refractivity contribution < 1.29 is 4.74 Å². The first-order valence-electron chi connectivity index (χ1n) is 8.04. The molecule has 0 unspecified atom stereocenters. The van der Waals surface area contributed by atoms with Gasteiger partial charge in [0.25, 0.3) is 0 Å². The Morgan fingerprint density at radius 2 is 2.24 bits per heavy atom. The number of hydrogen-bond donors (Lipinski definition) is 1. The molecule has 1 atom stereocenters. The first kappa shape index (κ1) is 13.5. The number of ether oxygens (including phenoxy) is 1. The van der Waals surface area contributed by atoms with Crippen LogP contribution in [0, 0.1) is 12.8 Å². The van der Waals surface area contributed by atoms with Crippen LogP contribution in [0.5, 0.6) is 0 Å². The van der Waals surface area contributed by atoms with Crippen LogP contribution in [0.25, 0.3) is 0 Å². The highest BCUT2D eigenvalue weighted by Gasteiger charge is 2.44. The molecule has 1 spiro atoms. The third-order valence-corrected chi connectivity index (χ3v) is 5.13. The van der Waals surface area contributed by atoms with Crippen LogP contribution < -0.4 is 5.32 Å². The lowest BCUT2D eigenvalue weighted by molar-refractivity contribution is 0.0512. The van der Waals surface area contributed by atoms with Crippen LogP contribution in [-0.4, -0.2) is 48.2 Å². The monoisotopic (exact) mass is 288 g/mol. The minimum absolute atomic E-state index is 0.0754. The van der Waals surface area contributed by atoms with Gasteiger partial charge in [-0.15, -0.1) is 0 Å². The molecular weight excluding hydrogens is 264 g/mol. The normalized spacial score (nSPS) is 28.9. The number of rotatable bonds is 3. The molecule has 0 bridgehead atoms. The average Bonchev–Trinajstić information content (AvgIpc) is 3.22. The summed E-state index contributed by atoms with van der Waals surface area (Å²) in [5, 5.41) is 3.44. The number of hydrogen-bond acceptors (Lipinski definition) is 5. The number of fused-ring (bicyclic) bond motifs is 2. The highest BCUT2D eigenvalue weighted by molar-refractivity contribution is 5.40. The number of aromatic nitrogens is 2. The molecule has 1 aromatic heterocycles. The molecule has 1 aromatic rings. The van der Waals surface area contributed by atoms with Gasteiger partial charge in [0.15, 0.2) is 0 Å². The minimum Gasteiger partial charge on any atom is -0.376 e. The molecule has 0 aromatic carbocycles. The Kier molecular flexibility index (Phi) is 3.15. The zero-order chi connectivity index (χ0) is 14.4. The molecule has 2 fully saturated rings. The van der Waals surface area contributed by atoms with E-state index in [-0.39, 0.29) is 5.41 Å². The summed E-state index contributed by atoms with van der Waals surface area (Å²) in [4.78, 5) is 11.9. The van der Waals surface area contributed by atoms with Crippen molar-refractivity contribution in [2.75, 3.05) is 38.6 Å². The number of aryl methyl sites for hydroxylation is 1. The Balaban J connectivity index is 1.68. The summed E-state index contributed by atoms with van der Waals surface area (Å²) in [5.41, 5.74) is 3.61. The highest BCUT2D eigenvalue weighted by Crippen LogP contribution is 2.39. The van der Waals surface area contributed by atoms with Crippen molar-refractivity contribution in [3.05, 3.63) is 17.0 Å². The van der Waals surface area contributed by atoms with Crippen molar-refractivity contribution >= 4 is 5.95 Å². The van der Waals surface area contributed by atoms with Gasteiger partial charge in [0.1, 0.15) is 0 Å². The molecule has 114 valence electrons. The van der Waals surface area contributed by atoms with E-state index in [4.69, 9.17) is 9.72 Å². The van der Waals surface area contributed by atoms with Gasteiger partial charge >= 0.3 is 0 Å². The molecule has 1 saturated carbocycles. The van der Waals surface area contributed by atoms with E-state index >= 15 is 0 Å². The van der Waals surface area contributed by atoms with Crippen LogP contribution in [0.4, 0.5) is 5.95 Å². The van der Waals surface area contributed by atoms with Crippen molar-refractivity contribution in [1.82, 2.24) is 14.9 Å². The lowest BCUT2D eigenvalue weighted by atomic mass is 9.80. The Morgan fingerprint density at radius 1 is 1.38 bits per heavy atom. The summed E-state index contributed by atoms with van der Waals surface area (Å²) in [7, 11) is 2.18. The molecule has 0 amide bonds. The first-order chi connectivity index (χ1) is 10.2. The average molecular weight is 288 g/mol. The van der Waals surface area contributed by atoms with Crippen molar-refractivity contribution in [2.45, 2.75) is 38.2 Å². The SMILES string of the molecule is Cc1nc(NCC2CC2)nc2c1COC[C@@]21CCN(C)C1. The van der Waals surface area contributed by atoms with E-state index in [1.165, 1.54) is 24.1 Å². The zero-order valence-corrected chi connectivity index (χ0v) is 13.0. The number of nitrogens with one attached hydrogen (secondary N) is 1. The molecule has 0 radical (unpaired) electrons. The molecule has 1 aliphatic carbocycles. The van der Waals surface area contributed by atoms with Gasteiger partial charge in [-0.05, 0) is 45.7 Å². The van der Waals surface area contributed by atoms with Gasteiger partial charge in [0.2, 0.25) is 5.95 Å². The summed E-state index contributed by atoms with van der Waals surface area (Å²) in [6.45, 7) is 6.72.